The highest BCUT2D eigenvalue weighted by Crippen LogP contribution is 2.32. The molecule has 0 radical (unpaired) electrons. The molecule has 0 atom stereocenters. The van der Waals surface area contributed by atoms with Crippen LogP contribution in [-0.4, -0.2) is 40.3 Å². The van der Waals surface area contributed by atoms with E-state index in [-0.39, 0.29) is 10.6 Å². The molecule has 1 rings (SSSR count). The Hall–Kier alpha value is -1.84. The molecule has 0 spiro atoms. The number of aliphatic carboxylic acids is 1. The summed E-state index contributed by atoms with van der Waals surface area (Å²) in [7, 11) is -1.21. The highest BCUT2D eigenvalue weighted by Gasteiger charge is 2.21. The molecule has 0 saturated heterocycles. The maximum Gasteiger partial charge on any atom is 0.331 e. The minimum Gasteiger partial charge on any atom is -0.493 e. The fraction of sp³-hybridized carbons (Fsp3) is 0.364. The van der Waals surface area contributed by atoms with Crippen LogP contribution in [0.4, 0.5) is 0 Å². The first-order chi connectivity index (χ1) is 9.31. The molecular formula is C11H15NO7S. The molecule has 0 saturated carbocycles. The van der Waals surface area contributed by atoms with Gasteiger partial charge in [0.1, 0.15) is 0 Å². The maximum absolute atomic E-state index is 12.0. The summed E-state index contributed by atoms with van der Waals surface area (Å²) in [5, 5.41) is 8.39. The van der Waals surface area contributed by atoms with Crippen molar-refractivity contribution in [3.63, 3.8) is 0 Å². The summed E-state index contributed by atoms with van der Waals surface area (Å²) in [6, 6.07) is 2.76. The van der Waals surface area contributed by atoms with E-state index in [1.165, 1.54) is 26.4 Å². The molecule has 0 aliphatic heterocycles. The van der Waals surface area contributed by atoms with Crippen molar-refractivity contribution < 1.29 is 32.6 Å². The fourth-order valence-corrected chi connectivity index (χ4v) is 2.51. The molecule has 112 valence electrons. The molecule has 0 fully saturated rings. The number of carbonyl (C=O) groups is 1. The van der Waals surface area contributed by atoms with Gasteiger partial charge < -0.3 is 14.6 Å². The molecular weight excluding hydrogens is 290 g/mol. The summed E-state index contributed by atoms with van der Waals surface area (Å²) < 4.78 is 34.0. The first-order valence-corrected chi connectivity index (χ1v) is 6.88. The zero-order chi connectivity index (χ0) is 15.3. The molecule has 0 unspecified atom stereocenters. The second-order valence-corrected chi connectivity index (χ2v) is 5.36. The minimum atomic E-state index is -4.02. The predicted molar refractivity (Wildman–Crippen MR) is 68.2 cm³/mol. The number of benzene rings is 1. The lowest BCUT2D eigenvalue weighted by Gasteiger charge is -2.13. The van der Waals surface area contributed by atoms with Crippen LogP contribution in [0.3, 0.4) is 0 Å². The number of hydrogen-bond acceptors (Lipinski definition) is 6. The topological polar surface area (TPSA) is 111 Å². The quantitative estimate of drug-likeness (QED) is 0.697. The molecule has 2 N–H and O–H groups in total. The summed E-state index contributed by atoms with van der Waals surface area (Å²) in [4.78, 5) is 16.3. The van der Waals surface area contributed by atoms with Crippen molar-refractivity contribution in [3.05, 3.63) is 17.7 Å². The van der Waals surface area contributed by atoms with Gasteiger partial charge in [-0.1, -0.05) is 4.89 Å². The van der Waals surface area contributed by atoms with Crippen molar-refractivity contribution in [2.45, 2.75) is 11.8 Å². The van der Waals surface area contributed by atoms with Crippen molar-refractivity contribution in [1.82, 2.24) is 4.89 Å². The highest BCUT2D eigenvalue weighted by atomic mass is 32.2. The molecule has 9 heteroatoms. The van der Waals surface area contributed by atoms with E-state index in [0.717, 1.165) is 0 Å². The number of carboxylic acid groups (broad SMARTS) is 1. The number of rotatable bonds is 7. The Bertz CT molecular complexity index is 597. The van der Waals surface area contributed by atoms with Crippen molar-refractivity contribution in [3.8, 4) is 11.5 Å². The Morgan fingerprint density at radius 2 is 1.80 bits per heavy atom. The lowest BCUT2D eigenvalue weighted by atomic mass is 10.2. The van der Waals surface area contributed by atoms with Gasteiger partial charge in [-0.25, -0.2) is 13.2 Å². The maximum atomic E-state index is 12.0. The van der Waals surface area contributed by atoms with E-state index >= 15 is 0 Å². The molecule has 0 aliphatic carbocycles. The van der Waals surface area contributed by atoms with Crippen molar-refractivity contribution >= 4 is 16.0 Å². The normalized spacial score (nSPS) is 11.2. The van der Waals surface area contributed by atoms with E-state index in [0.29, 0.717) is 11.3 Å². The van der Waals surface area contributed by atoms with Gasteiger partial charge in [-0.05, 0) is 18.6 Å². The number of carboxylic acids is 1. The van der Waals surface area contributed by atoms with E-state index in [4.69, 9.17) is 14.6 Å². The van der Waals surface area contributed by atoms with Crippen molar-refractivity contribution in [2.24, 2.45) is 0 Å². The average molecular weight is 305 g/mol. The number of ether oxygens (including phenoxy) is 2. The molecule has 0 aromatic heterocycles. The molecule has 20 heavy (non-hydrogen) atoms. The van der Waals surface area contributed by atoms with E-state index in [9.17, 15) is 13.2 Å². The second-order valence-electron chi connectivity index (χ2n) is 3.74. The molecule has 0 aliphatic rings. The summed E-state index contributed by atoms with van der Waals surface area (Å²) in [6.07, 6.45) is 0. The van der Waals surface area contributed by atoms with Crippen LogP contribution in [0.1, 0.15) is 5.56 Å². The number of sulfonamides is 1. The molecule has 0 heterocycles. The van der Waals surface area contributed by atoms with Crippen LogP contribution in [0, 0.1) is 6.92 Å². The number of aryl methyl sites for hydroxylation is 1. The average Bonchev–Trinajstić information content (AvgIpc) is 2.37. The Kier molecular flexibility index (Phi) is 5.31. The van der Waals surface area contributed by atoms with Crippen LogP contribution in [0.25, 0.3) is 0 Å². The Morgan fingerprint density at radius 1 is 1.25 bits per heavy atom. The Balaban J connectivity index is 3.08. The third-order valence-electron chi connectivity index (χ3n) is 2.33. The van der Waals surface area contributed by atoms with Crippen LogP contribution in [0.5, 0.6) is 11.5 Å². The lowest BCUT2D eigenvalue weighted by molar-refractivity contribution is -0.143. The summed E-state index contributed by atoms with van der Waals surface area (Å²) >= 11 is 0. The van der Waals surface area contributed by atoms with Crippen molar-refractivity contribution in [2.75, 3.05) is 20.8 Å². The largest absolute Gasteiger partial charge is 0.493 e. The number of hydrogen-bond donors (Lipinski definition) is 2. The van der Waals surface area contributed by atoms with Gasteiger partial charge in [0.25, 0.3) is 10.0 Å². The standard InChI is InChI=1S/C11H15NO7S/c1-7-4-8(17-2)9(18-3)5-10(7)20(15,16)12-19-6-11(13)14/h4-5,12H,6H2,1-3H3,(H,13,14). The van der Waals surface area contributed by atoms with Crippen molar-refractivity contribution in [1.29, 1.82) is 0 Å². The zero-order valence-electron chi connectivity index (χ0n) is 11.2. The van der Waals surface area contributed by atoms with E-state index < -0.39 is 22.6 Å². The molecule has 1 aromatic rings. The minimum absolute atomic E-state index is 0.0967. The first-order valence-electron chi connectivity index (χ1n) is 5.40. The second kappa shape index (κ2) is 6.55. The van der Waals surface area contributed by atoms with Crippen LogP contribution in [0.15, 0.2) is 17.0 Å². The highest BCUT2D eigenvalue weighted by molar-refractivity contribution is 7.89. The fourth-order valence-electron chi connectivity index (χ4n) is 1.47. The van der Waals surface area contributed by atoms with Gasteiger partial charge in [0, 0.05) is 6.07 Å². The van der Waals surface area contributed by atoms with Gasteiger partial charge in [-0.15, -0.1) is 0 Å². The summed E-state index contributed by atoms with van der Waals surface area (Å²) in [6.45, 7) is 0.777. The molecule has 0 bridgehead atoms. The van der Waals surface area contributed by atoms with Gasteiger partial charge in [-0.3, -0.25) is 4.84 Å². The number of nitrogens with one attached hydrogen (secondary N) is 1. The summed E-state index contributed by atoms with van der Waals surface area (Å²) in [5.41, 5.74) is 0.397. The van der Waals surface area contributed by atoms with Gasteiger partial charge in [-0.2, -0.15) is 0 Å². The van der Waals surface area contributed by atoms with Crippen LogP contribution < -0.4 is 14.4 Å². The number of methoxy groups -OCH3 is 2. The SMILES string of the molecule is COc1cc(C)c(S(=O)(=O)NOCC(=O)O)cc1OC. The predicted octanol–water partition coefficient (Wildman–Crippen LogP) is 0.307. The van der Waals surface area contributed by atoms with Gasteiger partial charge in [0.2, 0.25) is 0 Å². The van der Waals surface area contributed by atoms with Gasteiger partial charge in [0.05, 0.1) is 19.1 Å². The van der Waals surface area contributed by atoms with Gasteiger partial charge >= 0.3 is 5.97 Å². The Labute approximate surface area is 116 Å². The Morgan fingerprint density at radius 3 is 2.30 bits per heavy atom. The third-order valence-corrected chi connectivity index (χ3v) is 3.69. The summed E-state index contributed by atoms with van der Waals surface area (Å²) in [5.74, 6) is -0.677. The smallest absolute Gasteiger partial charge is 0.331 e. The first kappa shape index (κ1) is 16.2. The zero-order valence-corrected chi connectivity index (χ0v) is 12.0. The van der Waals surface area contributed by atoms with E-state index in [2.05, 4.69) is 4.84 Å². The van der Waals surface area contributed by atoms with Crippen LogP contribution in [-0.2, 0) is 19.7 Å². The monoisotopic (exact) mass is 305 g/mol. The van der Waals surface area contributed by atoms with Gasteiger partial charge in [0.15, 0.2) is 18.1 Å². The molecule has 1 aromatic carbocycles. The van der Waals surface area contributed by atoms with Crippen LogP contribution in [0.2, 0.25) is 0 Å². The molecule has 8 nitrogen and oxygen atoms in total. The third kappa shape index (κ3) is 3.83. The van der Waals surface area contributed by atoms with Crippen LogP contribution >= 0.6 is 0 Å². The van der Waals surface area contributed by atoms with E-state index in [1.54, 1.807) is 11.8 Å². The van der Waals surface area contributed by atoms with E-state index in [1.807, 2.05) is 0 Å². The lowest BCUT2D eigenvalue weighted by Crippen LogP contribution is -2.27. The molecule has 0 amide bonds.